The van der Waals surface area contributed by atoms with Gasteiger partial charge in [0.15, 0.2) is 6.10 Å². The number of para-hydroxylation sites is 1. The number of hydrogen-bond donors (Lipinski definition) is 2. The second-order valence-corrected chi connectivity index (χ2v) is 9.65. The molecular weight excluding hydrogens is 492 g/mol. The maximum atomic E-state index is 12.4. The van der Waals surface area contributed by atoms with Crippen molar-refractivity contribution in [2.75, 3.05) is 32.5 Å². The van der Waals surface area contributed by atoms with E-state index in [2.05, 4.69) is 12.2 Å². The second-order valence-electron chi connectivity index (χ2n) is 9.24. The molecule has 2 aliphatic rings. The normalized spacial score (nSPS) is 18.6. The number of aliphatic hydroxyl groups is 1. The van der Waals surface area contributed by atoms with Crippen LogP contribution in [0.3, 0.4) is 0 Å². The molecule has 9 heteroatoms. The molecule has 0 bridgehead atoms. The molecule has 3 unspecified atom stereocenters. The van der Waals surface area contributed by atoms with E-state index in [4.69, 9.17) is 16.9 Å². The Kier molecular flexibility index (Phi) is 12.1. The van der Waals surface area contributed by atoms with Gasteiger partial charge in [-0.3, -0.25) is 9.59 Å². The fourth-order valence-electron chi connectivity index (χ4n) is 3.55. The number of benzene rings is 2. The summed E-state index contributed by atoms with van der Waals surface area (Å²) in [5.41, 5.74) is 1.41. The Hall–Kier alpha value is -3.41. The molecule has 1 aliphatic carbocycles. The molecule has 1 aliphatic heterocycles. The molecule has 4 rings (SSSR count). The standard InChI is InChI=1S/C17H18ClN3O4.C7H9N.C4H8/c1-20(17(25)16(24)13-4-2-3-5-14(13)18)9-15(23)21-8-11(10-22)6-12(21)7-19;1-8-7-5-3-2-4-6-7;1-4-2-3-4/h2-5,10-12,16,24H,6,8-9H2,1H3;2-6,8H,1H3;4H,2-3H2,1H3. The molecule has 198 valence electrons. The van der Waals surface area contributed by atoms with Crippen LogP contribution >= 0.6 is 11.6 Å². The summed E-state index contributed by atoms with van der Waals surface area (Å²) in [7, 11) is 3.30. The van der Waals surface area contributed by atoms with Crippen molar-refractivity contribution in [2.45, 2.75) is 38.3 Å². The van der Waals surface area contributed by atoms with Crippen molar-refractivity contribution in [1.29, 1.82) is 5.26 Å². The Balaban J connectivity index is 0.000000325. The topological polar surface area (TPSA) is 114 Å². The van der Waals surface area contributed by atoms with Crippen molar-refractivity contribution in [3.05, 3.63) is 65.2 Å². The summed E-state index contributed by atoms with van der Waals surface area (Å²) in [5, 5.41) is 22.6. The fourth-order valence-corrected chi connectivity index (χ4v) is 3.79. The van der Waals surface area contributed by atoms with Crippen molar-refractivity contribution in [3.8, 4) is 6.07 Å². The van der Waals surface area contributed by atoms with Crippen LogP contribution < -0.4 is 5.32 Å². The Labute approximate surface area is 223 Å². The van der Waals surface area contributed by atoms with E-state index >= 15 is 0 Å². The van der Waals surface area contributed by atoms with Gasteiger partial charge in [0.2, 0.25) is 5.91 Å². The molecule has 1 saturated heterocycles. The van der Waals surface area contributed by atoms with Crippen LogP contribution in [0.4, 0.5) is 5.69 Å². The highest BCUT2D eigenvalue weighted by Gasteiger charge is 2.36. The average Bonchev–Trinajstić information content (AvgIpc) is 3.59. The lowest BCUT2D eigenvalue weighted by Crippen LogP contribution is -2.44. The van der Waals surface area contributed by atoms with Gasteiger partial charge in [-0.05, 0) is 30.5 Å². The van der Waals surface area contributed by atoms with E-state index in [9.17, 15) is 19.5 Å². The van der Waals surface area contributed by atoms with E-state index in [0.29, 0.717) is 6.42 Å². The number of halogens is 1. The SMILES string of the molecule is CC1CC1.CN(CC(=O)N1CC(C=O)CC1C#N)C(=O)C(O)c1ccccc1Cl.CNc1ccccc1. The van der Waals surface area contributed by atoms with Gasteiger partial charge in [-0.25, -0.2) is 0 Å². The predicted molar refractivity (Wildman–Crippen MR) is 144 cm³/mol. The van der Waals surface area contributed by atoms with Crippen molar-refractivity contribution in [1.82, 2.24) is 9.80 Å². The van der Waals surface area contributed by atoms with Gasteiger partial charge in [0.05, 0.1) is 12.6 Å². The molecule has 2 aromatic carbocycles. The smallest absolute Gasteiger partial charge is 0.256 e. The summed E-state index contributed by atoms with van der Waals surface area (Å²) in [5.74, 6) is -0.414. The van der Waals surface area contributed by atoms with E-state index in [1.165, 1.54) is 30.9 Å². The van der Waals surface area contributed by atoms with E-state index in [0.717, 1.165) is 22.8 Å². The summed E-state index contributed by atoms with van der Waals surface area (Å²) >= 11 is 5.97. The third-order valence-electron chi connectivity index (χ3n) is 6.11. The number of nitriles is 1. The maximum Gasteiger partial charge on any atom is 0.256 e. The molecule has 1 heterocycles. The fraction of sp³-hybridized carbons (Fsp3) is 0.429. The van der Waals surface area contributed by atoms with Crippen LogP contribution in [-0.4, -0.2) is 66.2 Å². The molecule has 2 N–H and O–H groups in total. The molecule has 2 aromatic rings. The summed E-state index contributed by atoms with van der Waals surface area (Å²) in [4.78, 5) is 38.0. The third kappa shape index (κ3) is 9.52. The Morgan fingerprint density at radius 1 is 1.22 bits per heavy atom. The van der Waals surface area contributed by atoms with Gasteiger partial charge in [0, 0.05) is 42.8 Å². The van der Waals surface area contributed by atoms with Crippen LogP contribution in [0.15, 0.2) is 54.6 Å². The number of hydrogen-bond acceptors (Lipinski definition) is 6. The first-order valence-corrected chi connectivity index (χ1v) is 12.6. The minimum absolute atomic E-state index is 0.162. The summed E-state index contributed by atoms with van der Waals surface area (Å²) in [6, 6.07) is 17.8. The predicted octanol–water partition coefficient (Wildman–Crippen LogP) is 3.92. The molecule has 1 saturated carbocycles. The van der Waals surface area contributed by atoms with Gasteiger partial charge >= 0.3 is 0 Å². The molecule has 8 nitrogen and oxygen atoms in total. The summed E-state index contributed by atoms with van der Waals surface area (Å²) < 4.78 is 0. The first-order valence-electron chi connectivity index (χ1n) is 12.3. The van der Waals surface area contributed by atoms with Gasteiger partial charge in [0.25, 0.3) is 5.91 Å². The van der Waals surface area contributed by atoms with Gasteiger partial charge in [0.1, 0.15) is 12.3 Å². The van der Waals surface area contributed by atoms with E-state index in [-0.39, 0.29) is 29.6 Å². The molecule has 3 atom stereocenters. The number of amides is 2. The van der Waals surface area contributed by atoms with Crippen molar-refractivity contribution < 1.29 is 19.5 Å². The highest BCUT2D eigenvalue weighted by Crippen LogP contribution is 2.27. The molecular formula is C28H35ClN4O4. The zero-order valence-corrected chi connectivity index (χ0v) is 22.3. The van der Waals surface area contributed by atoms with E-state index in [1.54, 1.807) is 18.2 Å². The Bertz CT molecular complexity index is 1070. The average molecular weight is 527 g/mol. The number of nitrogens with one attached hydrogen (secondary N) is 1. The van der Waals surface area contributed by atoms with Gasteiger partial charge in [-0.2, -0.15) is 5.26 Å². The highest BCUT2D eigenvalue weighted by molar-refractivity contribution is 6.31. The van der Waals surface area contributed by atoms with E-state index in [1.807, 2.05) is 43.4 Å². The number of likely N-dealkylation sites (tertiary alicyclic amines) is 1. The minimum Gasteiger partial charge on any atom is -0.388 e. The van der Waals surface area contributed by atoms with Gasteiger partial charge < -0.3 is 25.0 Å². The zero-order valence-electron chi connectivity index (χ0n) is 21.5. The second kappa shape index (κ2) is 15.0. The lowest BCUT2D eigenvalue weighted by atomic mass is 10.1. The lowest BCUT2D eigenvalue weighted by Gasteiger charge is -2.25. The van der Waals surface area contributed by atoms with Crippen LogP contribution in [0.5, 0.6) is 0 Å². The highest BCUT2D eigenvalue weighted by atomic mass is 35.5. The van der Waals surface area contributed by atoms with Crippen LogP contribution in [0.25, 0.3) is 0 Å². The number of rotatable bonds is 6. The quantitative estimate of drug-likeness (QED) is 0.551. The minimum atomic E-state index is -1.49. The van der Waals surface area contributed by atoms with E-state index < -0.39 is 24.0 Å². The number of nitrogens with zero attached hydrogens (tertiary/aromatic N) is 3. The molecule has 0 spiro atoms. The van der Waals surface area contributed by atoms with Crippen molar-refractivity contribution in [2.24, 2.45) is 11.8 Å². The van der Waals surface area contributed by atoms with Crippen LogP contribution in [0, 0.1) is 23.2 Å². The Morgan fingerprint density at radius 2 is 1.81 bits per heavy atom. The first kappa shape index (κ1) is 29.8. The molecule has 37 heavy (non-hydrogen) atoms. The van der Waals surface area contributed by atoms with Crippen LogP contribution in [-0.2, 0) is 14.4 Å². The Morgan fingerprint density at radius 3 is 2.30 bits per heavy atom. The van der Waals surface area contributed by atoms with Gasteiger partial charge in [-0.1, -0.05) is 67.8 Å². The first-order chi connectivity index (χ1) is 17.7. The van der Waals surface area contributed by atoms with Crippen LogP contribution in [0.1, 0.15) is 37.9 Å². The van der Waals surface area contributed by atoms with Crippen molar-refractivity contribution in [3.63, 3.8) is 0 Å². The number of aldehydes is 1. The summed E-state index contributed by atoms with van der Waals surface area (Å²) in [6.45, 7) is 2.14. The summed E-state index contributed by atoms with van der Waals surface area (Å²) in [6.07, 6.45) is 2.51. The van der Waals surface area contributed by atoms with Gasteiger partial charge in [-0.15, -0.1) is 0 Å². The van der Waals surface area contributed by atoms with Crippen molar-refractivity contribution >= 4 is 35.4 Å². The third-order valence-corrected chi connectivity index (χ3v) is 6.45. The maximum absolute atomic E-state index is 12.4. The largest absolute Gasteiger partial charge is 0.388 e. The molecule has 2 fully saturated rings. The number of carbonyl (C=O) groups is 3. The molecule has 0 aromatic heterocycles. The molecule has 2 amide bonds. The van der Waals surface area contributed by atoms with Crippen LogP contribution in [0.2, 0.25) is 5.02 Å². The number of likely N-dealkylation sites (N-methyl/N-ethyl adjacent to an activating group) is 1. The number of anilines is 1. The monoisotopic (exact) mass is 526 g/mol. The lowest BCUT2D eigenvalue weighted by molar-refractivity contribution is -0.144. The number of carbonyl (C=O) groups excluding carboxylic acids is 3. The molecule has 0 radical (unpaired) electrons. The zero-order chi connectivity index (χ0) is 27.4. The number of aliphatic hydroxyl groups excluding tert-OH is 1.